The first-order chi connectivity index (χ1) is 11.7. The highest BCUT2D eigenvalue weighted by molar-refractivity contribution is 5.96. The van der Waals surface area contributed by atoms with Crippen molar-refractivity contribution >= 4 is 16.7 Å². The summed E-state index contributed by atoms with van der Waals surface area (Å²) in [6.45, 7) is 0. The first-order valence-corrected chi connectivity index (χ1v) is 8.61. The standard InChI is InChI=1S/C22H18O2/c23-22(24)18-9-5-13-10-15(6-4-14(13)11-18)19-2-1-3-20-16-7-8-17(12-16)21(19)20/h1-6,9-11,16-17H,7-8,12H2,(H,23,24). The van der Waals surface area contributed by atoms with Crippen molar-refractivity contribution < 1.29 is 9.90 Å². The van der Waals surface area contributed by atoms with E-state index in [1.54, 1.807) is 23.3 Å². The van der Waals surface area contributed by atoms with Crippen LogP contribution in [0.3, 0.4) is 0 Å². The average Bonchev–Trinajstić information content (AvgIpc) is 3.23. The summed E-state index contributed by atoms with van der Waals surface area (Å²) in [4.78, 5) is 11.1. The number of carboxylic acids is 1. The second-order valence-corrected chi connectivity index (χ2v) is 7.10. The van der Waals surface area contributed by atoms with Crippen molar-refractivity contribution in [3.05, 3.63) is 71.3 Å². The summed E-state index contributed by atoms with van der Waals surface area (Å²) in [5.74, 6) is 0.618. The molecule has 24 heavy (non-hydrogen) atoms. The molecule has 3 aromatic rings. The number of carboxylic acid groups (broad SMARTS) is 1. The summed E-state index contributed by atoms with van der Waals surface area (Å²) in [6.07, 6.45) is 3.99. The van der Waals surface area contributed by atoms with Gasteiger partial charge in [-0.2, -0.15) is 0 Å². The fourth-order valence-corrected chi connectivity index (χ4v) is 4.72. The molecule has 2 heteroatoms. The Labute approximate surface area is 140 Å². The number of fused-ring (bicyclic) bond motifs is 6. The Kier molecular flexibility index (Phi) is 2.84. The molecule has 0 aliphatic heterocycles. The molecule has 3 aromatic carbocycles. The minimum Gasteiger partial charge on any atom is -0.478 e. The van der Waals surface area contributed by atoms with E-state index >= 15 is 0 Å². The molecule has 1 fully saturated rings. The van der Waals surface area contributed by atoms with Crippen LogP contribution in [0.25, 0.3) is 21.9 Å². The monoisotopic (exact) mass is 314 g/mol. The zero-order chi connectivity index (χ0) is 16.3. The highest BCUT2D eigenvalue weighted by Gasteiger charge is 2.38. The molecule has 2 aliphatic rings. The molecule has 2 unspecified atom stereocenters. The molecule has 2 nitrogen and oxygen atoms in total. The van der Waals surface area contributed by atoms with Crippen LogP contribution in [0.5, 0.6) is 0 Å². The maximum absolute atomic E-state index is 11.1. The summed E-state index contributed by atoms with van der Waals surface area (Å²) in [5, 5.41) is 11.2. The van der Waals surface area contributed by atoms with Gasteiger partial charge in [0.2, 0.25) is 0 Å². The Hall–Kier alpha value is -2.61. The van der Waals surface area contributed by atoms with Crippen molar-refractivity contribution in [2.45, 2.75) is 31.1 Å². The lowest BCUT2D eigenvalue weighted by atomic mass is 9.85. The second-order valence-electron chi connectivity index (χ2n) is 7.10. The third kappa shape index (κ3) is 1.92. The van der Waals surface area contributed by atoms with Gasteiger partial charge in [-0.1, -0.05) is 36.4 Å². The molecule has 2 aliphatic carbocycles. The SMILES string of the molecule is O=C(O)c1ccc2cc(-c3cccc4c3C3CCC4C3)ccc2c1. The molecule has 0 heterocycles. The molecule has 1 N–H and O–H groups in total. The summed E-state index contributed by atoms with van der Waals surface area (Å²) in [5.41, 5.74) is 6.08. The van der Waals surface area contributed by atoms with Crippen molar-refractivity contribution in [2.24, 2.45) is 0 Å². The first-order valence-electron chi connectivity index (χ1n) is 8.61. The minimum absolute atomic E-state index is 0.341. The van der Waals surface area contributed by atoms with Crippen LogP contribution in [-0.4, -0.2) is 11.1 Å². The molecule has 0 radical (unpaired) electrons. The minimum atomic E-state index is -0.877. The Morgan fingerprint density at radius 1 is 0.917 bits per heavy atom. The normalized spacial score (nSPS) is 21.2. The molecule has 118 valence electrons. The van der Waals surface area contributed by atoms with Crippen molar-refractivity contribution in [3.8, 4) is 11.1 Å². The van der Waals surface area contributed by atoms with Crippen LogP contribution in [0.2, 0.25) is 0 Å². The third-order valence-electron chi connectivity index (χ3n) is 5.82. The smallest absolute Gasteiger partial charge is 0.335 e. The van der Waals surface area contributed by atoms with E-state index in [1.165, 1.54) is 30.4 Å². The van der Waals surface area contributed by atoms with Crippen LogP contribution < -0.4 is 0 Å². The summed E-state index contributed by atoms with van der Waals surface area (Å²) < 4.78 is 0. The van der Waals surface area contributed by atoms with Crippen molar-refractivity contribution in [3.63, 3.8) is 0 Å². The summed E-state index contributed by atoms with van der Waals surface area (Å²) in [6, 6.07) is 18.5. The number of hydrogen-bond donors (Lipinski definition) is 1. The Morgan fingerprint density at radius 3 is 2.58 bits per heavy atom. The van der Waals surface area contributed by atoms with E-state index in [0.717, 1.165) is 22.6 Å². The Bertz CT molecular complexity index is 986. The highest BCUT2D eigenvalue weighted by Crippen LogP contribution is 2.55. The quantitative estimate of drug-likeness (QED) is 0.671. The fraction of sp³-hybridized carbons (Fsp3) is 0.227. The van der Waals surface area contributed by atoms with Crippen LogP contribution >= 0.6 is 0 Å². The predicted molar refractivity (Wildman–Crippen MR) is 95.7 cm³/mol. The Morgan fingerprint density at radius 2 is 1.71 bits per heavy atom. The molecule has 2 atom stereocenters. The zero-order valence-corrected chi connectivity index (χ0v) is 13.3. The molecule has 2 bridgehead atoms. The fourth-order valence-electron chi connectivity index (χ4n) is 4.72. The van der Waals surface area contributed by atoms with Gasteiger partial charge in [0.05, 0.1) is 5.56 Å². The topological polar surface area (TPSA) is 37.3 Å². The van der Waals surface area contributed by atoms with Crippen molar-refractivity contribution in [1.29, 1.82) is 0 Å². The van der Waals surface area contributed by atoms with E-state index in [-0.39, 0.29) is 0 Å². The van der Waals surface area contributed by atoms with Gasteiger partial charge in [-0.25, -0.2) is 4.79 Å². The number of hydrogen-bond acceptors (Lipinski definition) is 1. The molecule has 1 saturated carbocycles. The van der Waals surface area contributed by atoms with E-state index < -0.39 is 5.97 Å². The van der Waals surface area contributed by atoms with E-state index in [1.807, 2.05) is 12.1 Å². The summed E-state index contributed by atoms with van der Waals surface area (Å²) >= 11 is 0. The maximum atomic E-state index is 11.1. The van der Waals surface area contributed by atoms with Crippen LogP contribution in [-0.2, 0) is 0 Å². The van der Waals surface area contributed by atoms with Crippen LogP contribution in [0, 0.1) is 0 Å². The van der Waals surface area contributed by atoms with E-state index in [4.69, 9.17) is 5.11 Å². The van der Waals surface area contributed by atoms with Crippen molar-refractivity contribution in [1.82, 2.24) is 0 Å². The maximum Gasteiger partial charge on any atom is 0.335 e. The number of rotatable bonds is 2. The van der Waals surface area contributed by atoms with Gasteiger partial charge in [-0.05, 0) is 82.3 Å². The lowest BCUT2D eigenvalue weighted by Crippen LogP contribution is -2.00. The van der Waals surface area contributed by atoms with Gasteiger partial charge in [-0.15, -0.1) is 0 Å². The first kappa shape index (κ1) is 13.8. The highest BCUT2D eigenvalue weighted by atomic mass is 16.4. The number of benzene rings is 3. The molecule has 0 saturated heterocycles. The largest absolute Gasteiger partial charge is 0.478 e. The van der Waals surface area contributed by atoms with Gasteiger partial charge < -0.3 is 5.11 Å². The van der Waals surface area contributed by atoms with Crippen LogP contribution in [0.15, 0.2) is 54.6 Å². The average molecular weight is 314 g/mol. The lowest BCUT2D eigenvalue weighted by molar-refractivity contribution is 0.0697. The molecular formula is C22H18O2. The van der Waals surface area contributed by atoms with Gasteiger partial charge in [0, 0.05) is 0 Å². The second kappa shape index (κ2) is 4.94. The van der Waals surface area contributed by atoms with E-state index in [9.17, 15) is 4.79 Å². The van der Waals surface area contributed by atoms with Crippen LogP contribution in [0.1, 0.15) is 52.6 Å². The molecule has 0 aromatic heterocycles. The molecule has 5 rings (SSSR count). The third-order valence-corrected chi connectivity index (χ3v) is 5.82. The van der Waals surface area contributed by atoms with Gasteiger partial charge in [-0.3, -0.25) is 0 Å². The van der Waals surface area contributed by atoms with Crippen LogP contribution in [0.4, 0.5) is 0 Å². The lowest BCUT2D eigenvalue weighted by Gasteiger charge is -2.19. The van der Waals surface area contributed by atoms with Gasteiger partial charge in [0.15, 0.2) is 0 Å². The predicted octanol–water partition coefficient (Wildman–Crippen LogP) is 5.57. The molecule has 0 amide bonds. The zero-order valence-electron chi connectivity index (χ0n) is 13.3. The Balaban J connectivity index is 1.66. The number of aromatic carboxylic acids is 1. The van der Waals surface area contributed by atoms with E-state index in [0.29, 0.717) is 5.56 Å². The van der Waals surface area contributed by atoms with Gasteiger partial charge in [0.25, 0.3) is 0 Å². The number of carbonyl (C=O) groups is 1. The molecule has 0 spiro atoms. The van der Waals surface area contributed by atoms with E-state index in [2.05, 4.69) is 30.3 Å². The summed E-state index contributed by atoms with van der Waals surface area (Å²) in [7, 11) is 0. The van der Waals surface area contributed by atoms with Gasteiger partial charge >= 0.3 is 5.97 Å². The van der Waals surface area contributed by atoms with Gasteiger partial charge in [0.1, 0.15) is 0 Å². The molecular weight excluding hydrogens is 296 g/mol. The van der Waals surface area contributed by atoms with Crippen molar-refractivity contribution in [2.75, 3.05) is 0 Å².